The van der Waals surface area contributed by atoms with Crippen LogP contribution in [0.2, 0.25) is 0 Å². The molecular formula is C18H40N2. The molecule has 1 aliphatic carbocycles. The smallest absolute Gasteiger partial charge is 0.00925 e. The van der Waals surface area contributed by atoms with Gasteiger partial charge in [-0.1, -0.05) is 47.5 Å². The molecule has 0 bridgehead atoms. The van der Waals surface area contributed by atoms with E-state index in [1.807, 2.05) is 7.05 Å². The number of hydrogen-bond donors (Lipinski definition) is 1. The topological polar surface area (TPSA) is 15.3 Å². The molecule has 1 rings (SSSR count). The summed E-state index contributed by atoms with van der Waals surface area (Å²) in [5.41, 5.74) is 0. The molecule has 1 fully saturated rings. The molecule has 122 valence electrons. The van der Waals surface area contributed by atoms with Gasteiger partial charge in [0.1, 0.15) is 0 Å². The summed E-state index contributed by atoms with van der Waals surface area (Å²) < 4.78 is 0. The van der Waals surface area contributed by atoms with Gasteiger partial charge >= 0.3 is 0 Å². The number of nitrogens with one attached hydrogen (secondary N) is 1. The second kappa shape index (κ2) is 11.6. The first-order valence-corrected chi connectivity index (χ1v) is 8.78. The van der Waals surface area contributed by atoms with Gasteiger partial charge in [0.25, 0.3) is 0 Å². The Balaban J connectivity index is 0.000000621. The number of rotatable bonds is 6. The van der Waals surface area contributed by atoms with Crippen LogP contribution in [0.1, 0.15) is 73.1 Å². The van der Waals surface area contributed by atoms with Crippen molar-refractivity contribution in [3.63, 3.8) is 0 Å². The first-order chi connectivity index (χ1) is 9.40. The fourth-order valence-electron chi connectivity index (χ4n) is 3.01. The standard InChI is InChI=1S/C14H29N.C4H11N/c1-5-6-13-7-9-14(10-8-13)15(4)11-12(2)3;1-4(2)5-3/h12-14H,5-11H2,1-4H3;4-5H,1-3H3. The molecule has 0 saturated heterocycles. The molecule has 0 aromatic carbocycles. The van der Waals surface area contributed by atoms with Crippen LogP contribution < -0.4 is 5.32 Å². The molecule has 0 atom stereocenters. The molecule has 0 aliphatic heterocycles. The lowest BCUT2D eigenvalue weighted by molar-refractivity contribution is 0.148. The summed E-state index contributed by atoms with van der Waals surface area (Å²) in [4.78, 5) is 2.59. The van der Waals surface area contributed by atoms with Crippen LogP contribution in [-0.2, 0) is 0 Å². The predicted octanol–water partition coefficient (Wildman–Crippen LogP) is 4.55. The second-order valence-electron chi connectivity index (χ2n) is 7.24. The molecule has 2 nitrogen and oxygen atoms in total. The lowest BCUT2D eigenvalue weighted by Gasteiger charge is -2.35. The van der Waals surface area contributed by atoms with Crippen LogP contribution in [0.4, 0.5) is 0 Å². The molecule has 1 aliphatic rings. The van der Waals surface area contributed by atoms with Crippen molar-refractivity contribution < 1.29 is 0 Å². The largest absolute Gasteiger partial charge is 0.318 e. The highest BCUT2D eigenvalue weighted by Crippen LogP contribution is 2.30. The Morgan fingerprint density at radius 2 is 1.55 bits per heavy atom. The van der Waals surface area contributed by atoms with Crippen molar-refractivity contribution in [2.24, 2.45) is 11.8 Å². The molecule has 0 unspecified atom stereocenters. The summed E-state index contributed by atoms with van der Waals surface area (Å²) in [5.74, 6) is 1.85. The molecule has 0 aromatic heterocycles. The van der Waals surface area contributed by atoms with E-state index in [1.165, 1.54) is 45.1 Å². The van der Waals surface area contributed by atoms with Crippen molar-refractivity contribution in [3.05, 3.63) is 0 Å². The van der Waals surface area contributed by atoms with Crippen LogP contribution in [-0.4, -0.2) is 37.6 Å². The molecule has 0 heterocycles. The fourth-order valence-corrected chi connectivity index (χ4v) is 3.01. The van der Waals surface area contributed by atoms with E-state index in [1.54, 1.807) is 0 Å². The molecule has 1 N–H and O–H groups in total. The predicted molar refractivity (Wildman–Crippen MR) is 92.3 cm³/mol. The van der Waals surface area contributed by atoms with Crippen molar-refractivity contribution in [2.45, 2.75) is 85.2 Å². The van der Waals surface area contributed by atoms with Gasteiger partial charge in [0.05, 0.1) is 0 Å². The van der Waals surface area contributed by atoms with Gasteiger partial charge in [-0.05, 0) is 51.6 Å². The zero-order chi connectivity index (χ0) is 15.5. The van der Waals surface area contributed by atoms with Crippen LogP contribution in [0.15, 0.2) is 0 Å². The SMILES string of the molecule is CCCC1CCC(N(C)CC(C)C)CC1.CNC(C)C. The van der Waals surface area contributed by atoms with Crippen LogP contribution in [0.3, 0.4) is 0 Å². The van der Waals surface area contributed by atoms with Gasteiger partial charge in [-0.2, -0.15) is 0 Å². The molecule has 20 heavy (non-hydrogen) atoms. The summed E-state index contributed by atoms with van der Waals surface area (Å²) in [6.45, 7) is 12.4. The van der Waals surface area contributed by atoms with E-state index >= 15 is 0 Å². The Labute approximate surface area is 128 Å². The van der Waals surface area contributed by atoms with Crippen molar-refractivity contribution in [1.29, 1.82) is 0 Å². The third-order valence-corrected chi connectivity index (χ3v) is 4.37. The minimum absolute atomic E-state index is 0.634. The summed E-state index contributed by atoms with van der Waals surface area (Å²) >= 11 is 0. The third-order valence-electron chi connectivity index (χ3n) is 4.37. The Morgan fingerprint density at radius 3 is 1.90 bits per heavy atom. The van der Waals surface area contributed by atoms with Crippen molar-refractivity contribution in [2.75, 3.05) is 20.6 Å². The molecule has 0 amide bonds. The molecule has 0 radical (unpaired) electrons. The Hall–Kier alpha value is -0.0800. The Kier molecular flexibility index (Phi) is 11.5. The first-order valence-electron chi connectivity index (χ1n) is 8.78. The first kappa shape index (κ1) is 19.9. The van der Waals surface area contributed by atoms with Crippen LogP contribution in [0, 0.1) is 11.8 Å². The quantitative estimate of drug-likeness (QED) is 0.770. The average Bonchev–Trinajstić information content (AvgIpc) is 2.39. The van der Waals surface area contributed by atoms with E-state index < -0.39 is 0 Å². The molecule has 1 saturated carbocycles. The van der Waals surface area contributed by atoms with Gasteiger partial charge in [-0.25, -0.2) is 0 Å². The monoisotopic (exact) mass is 284 g/mol. The minimum Gasteiger partial charge on any atom is -0.318 e. The van der Waals surface area contributed by atoms with Gasteiger partial charge in [-0.15, -0.1) is 0 Å². The van der Waals surface area contributed by atoms with E-state index in [0.717, 1.165) is 17.9 Å². The zero-order valence-corrected chi connectivity index (χ0v) is 15.2. The fraction of sp³-hybridized carbons (Fsp3) is 1.00. The van der Waals surface area contributed by atoms with Crippen molar-refractivity contribution in [1.82, 2.24) is 10.2 Å². The highest BCUT2D eigenvalue weighted by molar-refractivity contribution is 4.78. The van der Waals surface area contributed by atoms with Gasteiger partial charge in [0.15, 0.2) is 0 Å². The molecule has 0 aromatic rings. The third kappa shape index (κ3) is 9.77. The lowest BCUT2D eigenvalue weighted by atomic mass is 9.83. The van der Waals surface area contributed by atoms with Gasteiger partial charge in [0, 0.05) is 18.6 Å². The second-order valence-corrected chi connectivity index (χ2v) is 7.24. The highest BCUT2D eigenvalue weighted by Gasteiger charge is 2.23. The van der Waals surface area contributed by atoms with Crippen molar-refractivity contribution in [3.8, 4) is 0 Å². The zero-order valence-electron chi connectivity index (χ0n) is 15.2. The van der Waals surface area contributed by atoms with Crippen molar-refractivity contribution >= 4 is 0 Å². The summed E-state index contributed by atoms with van der Waals surface area (Å²) in [6.07, 6.45) is 8.65. The van der Waals surface area contributed by atoms with E-state index in [-0.39, 0.29) is 0 Å². The molecule has 2 heteroatoms. The maximum absolute atomic E-state index is 3.03. The van der Waals surface area contributed by atoms with Crippen LogP contribution in [0.5, 0.6) is 0 Å². The number of hydrogen-bond acceptors (Lipinski definition) is 2. The average molecular weight is 285 g/mol. The van der Waals surface area contributed by atoms with Crippen LogP contribution in [0.25, 0.3) is 0 Å². The van der Waals surface area contributed by atoms with Gasteiger partial charge in [-0.3, -0.25) is 0 Å². The molecular weight excluding hydrogens is 244 g/mol. The summed E-state index contributed by atoms with van der Waals surface area (Å²) in [6, 6.07) is 1.51. The van der Waals surface area contributed by atoms with Crippen LogP contribution >= 0.6 is 0 Å². The number of nitrogens with zero attached hydrogens (tertiary/aromatic N) is 1. The Bertz CT molecular complexity index is 205. The van der Waals surface area contributed by atoms with Gasteiger partial charge in [0.2, 0.25) is 0 Å². The van der Waals surface area contributed by atoms with E-state index in [4.69, 9.17) is 0 Å². The lowest BCUT2D eigenvalue weighted by Crippen LogP contribution is -2.37. The summed E-state index contributed by atoms with van der Waals surface area (Å²) in [5, 5.41) is 3.03. The highest BCUT2D eigenvalue weighted by atomic mass is 15.1. The Morgan fingerprint density at radius 1 is 1.05 bits per heavy atom. The van der Waals surface area contributed by atoms with E-state index in [9.17, 15) is 0 Å². The summed E-state index contributed by atoms with van der Waals surface area (Å²) in [7, 11) is 4.26. The van der Waals surface area contributed by atoms with Gasteiger partial charge < -0.3 is 10.2 Å². The maximum atomic E-state index is 3.03. The molecule has 0 spiro atoms. The maximum Gasteiger partial charge on any atom is 0.00925 e. The minimum atomic E-state index is 0.634. The normalized spacial score (nSPS) is 23.1. The van der Waals surface area contributed by atoms with E-state index in [2.05, 4.69) is 51.9 Å². The van der Waals surface area contributed by atoms with E-state index in [0.29, 0.717) is 6.04 Å².